The van der Waals surface area contributed by atoms with Crippen molar-refractivity contribution in [3.8, 4) is 0 Å². The smallest absolute Gasteiger partial charge is 0.254 e. The lowest BCUT2D eigenvalue weighted by atomic mass is 9.84. The Balaban J connectivity index is 1.52. The average Bonchev–Trinajstić information content (AvgIpc) is 2.62. The molecule has 2 amide bonds. The fourth-order valence-corrected chi connectivity index (χ4v) is 3.98. The highest BCUT2D eigenvalue weighted by molar-refractivity contribution is 5.97. The van der Waals surface area contributed by atoms with E-state index >= 15 is 0 Å². The highest BCUT2D eigenvalue weighted by atomic mass is 19.1. The number of likely N-dealkylation sites (tertiary alicyclic amines) is 1. The van der Waals surface area contributed by atoms with Gasteiger partial charge in [0.2, 0.25) is 5.91 Å². The maximum Gasteiger partial charge on any atom is 0.254 e. The van der Waals surface area contributed by atoms with Crippen LogP contribution in [-0.4, -0.2) is 47.9 Å². The number of carbonyl (C=O) groups excluding carboxylic acids is 2. The van der Waals surface area contributed by atoms with Gasteiger partial charge in [-0.25, -0.2) is 4.39 Å². The van der Waals surface area contributed by atoms with Gasteiger partial charge < -0.3 is 15.5 Å². The molecule has 0 radical (unpaired) electrons. The zero-order chi connectivity index (χ0) is 19.4. The summed E-state index contributed by atoms with van der Waals surface area (Å²) in [6.07, 6.45) is 5.80. The second-order valence-corrected chi connectivity index (χ2v) is 8.10. The highest BCUT2D eigenvalue weighted by Crippen LogP contribution is 2.28. The molecule has 0 aromatic heterocycles. The summed E-state index contributed by atoms with van der Waals surface area (Å²) in [6.45, 7) is 6.09. The van der Waals surface area contributed by atoms with E-state index in [1.165, 1.54) is 50.6 Å². The molecule has 1 aromatic carbocycles. The second-order valence-electron chi connectivity index (χ2n) is 8.10. The highest BCUT2D eigenvalue weighted by Gasteiger charge is 2.36. The normalized spacial score (nSPS) is 24.1. The molecular weight excluding hydrogens is 345 g/mol. The molecule has 5 nitrogen and oxygen atoms in total. The number of nitrogens with zero attached hydrogens (tertiary/aromatic N) is 1. The maximum atomic E-state index is 13.8. The van der Waals surface area contributed by atoms with Crippen LogP contribution in [0.15, 0.2) is 24.3 Å². The SMILES string of the molecule is CC(C)C(NC(=O)c1ccccc1F)C(=O)NC1CC(N2CCCCC2)C1. The zero-order valence-corrected chi connectivity index (χ0v) is 16.2. The molecule has 1 aliphatic carbocycles. The van der Waals surface area contributed by atoms with Crippen LogP contribution in [0, 0.1) is 11.7 Å². The van der Waals surface area contributed by atoms with Crippen molar-refractivity contribution in [1.29, 1.82) is 0 Å². The molecule has 1 saturated heterocycles. The van der Waals surface area contributed by atoms with E-state index in [4.69, 9.17) is 0 Å². The Morgan fingerprint density at radius 1 is 1.11 bits per heavy atom. The minimum absolute atomic E-state index is 0.0373. The van der Waals surface area contributed by atoms with Gasteiger partial charge in [0.25, 0.3) is 5.91 Å². The van der Waals surface area contributed by atoms with Gasteiger partial charge in [0.05, 0.1) is 5.56 Å². The number of rotatable bonds is 6. The minimum atomic E-state index is -0.675. The van der Waals surface area contributed by atoms with E-state index in [0.717, 1.165) is 12.8 Å². The predicted molar refractivity (Wildman–Crippen MR) is 103 cm³/mol. The average molecular weight is 375 g/mol. The molecule has 0 bridgehead atoms. The predicted octanol–water partition coefficient (Wildman–Crippen LogP) is 2.71. The Kier molecular flexibility index (Phi) is 6.47. The first kappa shape index (κ1) is 19.8. The summed E-state index contributed by atoms with van der Waals surface area (Å²) >= 11 is 0. The van der Waals surface area contributed by atoms with Crippen LogP contribution in [-0.2, 0) is 4.79 Å². The van der Waals surface area contributed by atoms with E-state index in [-0.39, 0.29) is 23.4 Å². The lowest BCUT2D eigenvalue weighted by molar-refractivity contribution is -0.125. The zero-order valence-electron chi connectivity index (χ0n) is 16.2. The van der Waals surface area contributed by atoms with Crippen molar-refractivity contribution in [3.05, 3.63) is 35.6 Å². The van der Waals surface area contributed by atoms with Gasteiger partial charge in [0.1, 0.15) is 11.9 Å². The van der Waals surface area contributed by atoms with Crippen molar-refractivity contribution in [2.75, 3.05) is 13.1 Å². The standard InChI is InChI=1S/C21H30FN3O2/c1-14(2)19(24-20(26)17-8-4-5-9-18(17)22)21(27)23-15-12-16(13-15)25-10-6-3-7-11-25/h4-5,8-9,14-16,19H,3,6-7,10-13H2,1-2H3,(H,23,27)(H,24,26). The summed E-state index contributed by atoms with van der Waals surface area (Å²) in [7, 11) is 0. The lowest BCUT2D eigenvalue weighted by Crippen LogP contribution is -2.58. The van der Waals surface area contributed by atoms with Crippen LogP contribution < -0.4 is 10.6 Å². The summed E-state index contributed by atoms with van der Waals surface area (Å²) in [5.41, 5.74) is -0.0373. The summed E-state index contributed by atoms with van der Waals surface area (Å²) in [5.74, 6) is -1.40. The van der Waals surface area contributed by atoms with Crippen LogP contribution in [0.1, 0.15) is 56.3 Å². The number of piperidine rings is 1. The van der Waals surface area contributed by atoms with E-state index in [0.29, 0.717) is 6.04 Å². The number of amides is 2. The monoisotopic (exact) mass is 375 g/mol. The van der Waals surface area contributed by atoms with Crippen molar-refractivity contribution in [2.45, 2.75) is 64.1 Å². The van der Waals surface area contributed by atoms with Crippen LogP contribution in [0.2, 0.25) is 0 Å². The molecule has 1 heterocycles. The van der Waals surface area contributed by atoms with Crippen molar-refractivity contribution >= 4 is 11.8 Å². The van der Waals surface area contributed by atoms with Gasteiger partial charge in [0.15, 0.2) is 0 Å². The lowest BCUT2D eigenvalue weighted by Gasteiger charge is -2.45. The van der Waals surface area contributed by atoms with Gasteiger partial charge in [-0.05, 0) is 56.8 Å². The van der Waals surface area contributed by atoms with Gasteiger partial charge in [-0.3, -0.25) is 9.59 Å². The van der Waals surface area contributed by atoms with E-state index in [2.05, 4.69) is 15.5 Å². The molecule has 0 spiro atoms. The first-order valence-electron chi connectivity index (χ1n) is 10.1. The molecule has 27 heavy (non-hydrogen) atoms. The van der Waals surface area contributed by atoms with Crippen molar-refractivity contribution in [3.63, 3.8) is 0 Å². The van der Waals surface area contributed by atoms with Gasteiger partial charge in [-0.15, -0.1) is 0 Å². The number of hydrogen-bond acceptors (Lipinski definition) is 3. The summed E-state index contributed by atoms with van der Waals surface area (Å²) in [6, 6.07) is 5.87. The Hall–Kier alpha value is -1.95. The number of hydrogen-bond donors (Lipinski definition) is 2. The Bertz CT molecular complexity index is 667. The van der Waals surface area contributed by atoms with Gasteiger partial charge in [-0.1, -0.05) is 32.4 Å². The Morgan fingerprint density at radius 3 is 2.41 bits per heavy atom. The molecule has 1 atom stereocenters. The van der Waals surface area contributed by atoms with E-state index in [1.54, 1.807) is 6.07 Å². The molecule has 148 valence electrons. The van der Waals surface area contributed by atoms with Crippen molar-refractivity contribution < 1.29 is 14.0 Å². The van der Waals surface area contributed by atoms with Crippen LogP contribution in [0.3, 0.4) is 0 Å². The molecule has 2 aliphatic rings. The minimum Gasteiger partial charge on any atom is -0.351 e. The molecule has 1 aromatic rings. The van der Waals surface area contributed by atoms with Gasteiger partial charge in [0, 0.05) is 12.1 Å². The molecule has 6 heteroatoms. The van der Waals surface area contributed by atoms with Gasteiger partial charge in [-0.2, -0.15) is 0 Å². The third-order valence-corrected chi connectivity index (χ3v) is 5.72. The first-order valence-corrected chi connectivity index (χ1v) is 10.1. The van der Waals surface area contributed by atoms with Crippen LogP contribution in [0.5, 0.6) is 0 Å². The maximum absolute atomic E-state index is 13.8. The molecule has 2 N–H and O–H groups in total. The van der Waals surface area contributed by atoms with E-state index in [1.807, 2.05) is 13.8 Å². The summed E-state index contributed by atoms with van der Waals surface area (Å²) in [4.78, 5) is 27.6. The molecule has 1 aliphatic heterocycles. The molecule has 1 unspecified atom stereocenters. The topological polar surface area (TPSA) is 61.4 Å². The van der Waals surface area contributed by atoms with Crippen LogP contribution >= 0.6 is 0 Å². The number of halogens is 1. The largest absolute Gasteiger partial charge is 0.351 e. The number of nitrogens with one attached hydrogen (secondary N) is 2. The molecule has 3 rings (SSSR count). The summed E-state index contributed by atoms with van der Waals surface area (Å²) < 4.78 is 13.8. The quantitative estimate of drug-likeness (QED) is 0.804. The Labute approximate surface area is 160 Å². The number of carbonyl (C=O) groups is 2. The first-order chi connectivity index (χ1) is 13.0. The van der Waals surface area contributed by atoms with Crippen LogP contribution in [0.25, 0.3) is 0 Å². The van der Waals surface area contributed by atoms with Crippen molar-refractivity contribution in [1.82, 2.24) is 15.5 Å². The Morgan fingerprint density at radius 2 is 1.78 bits per heavy atom. The van der Waals surface area contributed by atoms with Gasteiger partial charge >= 0.3 is 0 Å². The van der Waals surface area contributed by atoms with E-state index < -0.39 is 17.8 Å². The third-order valence-electron chi connectivity index (χ3n) is 5.72. The molecular formula is C21H30FN3O2. The number of benzene rings is 1. The summed E-state index contributed by atoms with van der Waals surface area (Å²) in [5, 5.41) is 5.76. The third kappa shape index (κ3) is 4.86. The van der Waals surface area contributed by atoms with Crippen LogP contribution in [0.4, 0.5) is 4.39 Å². The second kappa shape index (κ2) is 8.83. The van der Waals surface area contributed by atoms with Crippen molar-refractivity contribution in [2.24, 2.45) is 5.92 Å². The fraction of sp³-hybridized carbons (Fsp3) is 0.619. The fourth-order valence-electron chi connectivity index (χ4n) is 3.98. The van der Waals surface area contributed by atoms with E-state index in [9.17, 15) is 14.0 Å². The molecule has 2 fully saturated rings. The molecule has 1 saturated carbocycles.